The third kappa shape index (κ3) is 2.75. The van der Waals surface area contributed by atoms with Crippen molar-refractivity contribution < 1.29 is 4.79 Å². The maximum Gasteiger partial charge on any atom is 0.247 e. The van der Waals surface area contributed by atoms with E-state index in [9.17, 15) is 4.79 Å². The summed E-state index contributed by atoms with van der Waals surface area (Å²) in [6, 6.07) is 2.02. The Bertz CT molecular complexity index is 647. The second kappa shape index (κ2) is 5.90. The van der Waals surface area contributed by atoms with Gasteiger partial charge in [0.15, 0.2) is 0 Å². The average molecular weight is 302 g/mol. The maximum absolute atomic E-state index is 12.7. The molecule has 1 aliphatic rings. The largest absolute Gasteiger partial charge is 0.339 e. The van der Waals surface area contributed by atoms with Crippen LogP contribution in [0.5, 0.6) is 0 Å². The van der Waals surface area contributed by atoms with Gasteiger partial charge in [0.25, 0.3) is 0 Å². The van der Waals surface area contributed by atoms with E-state index in [1.165, 1.54) is 6.33 Å². The Balaban J connectivity index is 1.73. The molecule has 0 aromatic carbocycles. The van der Waals surface area contributed by atoms with E-state index in [1.54, 1.807) is 11.0 Å². The molecule has 1 fully saturated rings. The predicted molar refractivity (Wildman–Crippen MR) is 81.3 cm³/mol. The summed E-state index contributed by atoms with van der Waals surface area (Å²) in [4.78, 5) is 18.5. The van der Waals surface area contributed by atoms with Gasteiger partial charge in [-0.1, -0.05) is 0 Å². The van der Waals surface area contributed by atoms with Crippen LogP contribution in [0.4, 0.5) is 0 Å². The van der Waals surface area contributed by atoms with Crippen LogP contribution in [0.15, 0.2) is 18.7 Å². The molecule has 22 heavy (non-hydrogen) atoms. The highest BCUT2D eigenvalue weighted by Crippen LogP contribution is 2.24. The number of carbonyl (C=O) groups is 1. The molecule has 0 bridgehead atoms. The van der Waals surface area contributed by atoms with E-state index < -0.39 is 0 Å². The lowest BCUT2D eigenvalue weighted by Gasteiger charge is -2.34. The minimum Gasteiger partial charge on any atom is -0.339 e. The zero-order chi connectivity index (χ0) is 15.7. The Morgan fingerprint density at radius 2 is 2.23 bits per heavy atom. The molecule has 2 aromatic rings. The van der Waals surface area contributed by atoms with Gasteiger partial charge in [0.2, 0.25) is 5.91 Å². The molecule has 0 N–H and O–H groups in total. The highest BCUT2D eigenvalue weighted by atomic mass is 16.2. The summed E-state index contributed by atoms with van der Waals surface area (Å²) in [6.07, 6.45) is 5.10. The summed E-state index contributed by atoms with van der Waals surface area (Å²) in [7, 11) is 0. The molecule has 1 saturated heterocycles. The zero-order valence-electron chi connectivity index (χ0n) is 13.3. The van der Waals surface area contributed by atoms with Crippen LogP contribution in [0.3, 0.4) is 0 Å². The summed E-state index contributed by atoms with van der Waals surface area (Å²) >= 11 is 0. The minimum absolute atomic E-state index is 0.0942. The first-order valence-electron chi connectivity index (χ1n) is 7.72. The molecule has 0 unspecified atom stereocenters. The normalized spacial score (nSPS) is 20.1. The van der Waals surface area contributed by atoms with E-state index in [1.807, 2.05) is 18.7 Å². The van der Waals surface area contributed by atoms with Crippen LogP contribution in [0.25, 0.3) is 0 Å². The number of rotatable bonds is 3. The summed E-state index contributed by atoms with van der Waals surface area (Å²) in [5.74, 6) is 0.0942. The van der Waals surface area contributed by atoms with Gasteiger partial charge < -0.3 is 4.90 Å². The molecular formula is C15H22N6O. The molecule has 7 heteroatoms. The van der Waals surface area contributed by atoms with Crippen molar-refractivity contribution >= 4 is 5.91 Å². The lowest BCUT2D eigenvalue weighted by Crippen LogP contribution is -2.44. The summed E-state index contributed by atoms with van der Waals surface area (Å²) in [5, 5.41) is 8.64. The molecule has 0 radical (unpaired) electrons. The summed E-state index contributed by atoms with van der Waals surface area (Å²) in [5.41, 5.74) is 2.18. The molecule has 1 aliphatic heterocycles. The smallest absolute Gasteiger partial charge is 0.247 e. The van der Waals surface area contributed by atoms with Crippen molar-refractivity contribution in [3.8, 4) is 0 Å². The highest BCUT2D eigenvalue weighted by Gasteiger charge is 2.29. The monoisotopic (exact) mass is 302 g/mol. The molecule has 2 aromatic heterocycles. The number of hydrogen-bond acceptors (Lipinski definition) is 4. The maximum atomic E-state index is 12.7. The minimum atomic E-state index is -0.318. The van der Waals surface area contributed by atoms with E-state index >= 15 is 0 Å². The van der Waals surface area contributed by atoms with Crippen molar-refractivity contribution in [2.75, 3.05) is 13.1 Å². The van der Waals surface area contributed by atoms with Crippen molar-refractivity contribution in [1.29, 1.82) is 0 Å². The summed E-state index contributed by atoms with van der Waals surface area (Å²) < 4.78 is 3.67. The molecule has 2 atom stereocenters. The van der Waals surface area contributed by atoms with Gasteiger partial charge in [0.05, 0.1) is 11.7 Å². The summed E-state index contributed by atoms with van der Waals surface area (Å²) in [6.45, 7) is 7.44. The van der Waals surface area contributed by atoms with E-state index in [2.05, 4.69) is 32.9 Å². The molecular weight excluding hydrogens is 280 g/mol. The molecule has 0 spiro atoms. The van der Waals surface area contributed by atoms with Crippen LogP contribution in [-0.2, 0) is 4.79 Å². The van der Waals surface area contributed by atoms with Gasteiger partial charge in [-0.15, -0.1) is 0 Å². The van der Waals surface area contributed by atoms with Crippen molar-refractivity contribution in [2.24, 2.45) is 0 Å². The molecule has 118 valence electrons. The lowest BCUT2D eigenvalue weighted by molar-refractivity contribution is -0.136. The lowest BCUT2D eigenvalue weighted by atomic mass is 10.0. The number of hydrogen-bond donors (Lipinski definition) is 0. The number of carbonyl (C=O) groups excluding carboxylic acids is 1. The zero-order valence-corrected chi connectivity index (χ0v) is 13.3. The molecule has 0 saturated carbocycles. The number of amides is 1. The second-order valence-electron chi connectivity index (χ2n) is 6.00. The van der Waals surface area contributed by atoms with Gasteiger partial charge in [0, 0.05) is 18.8 Å². The first kappa shape index (κ1) is 14.7. The third-order valence-corrected chi connectivity index (χ3v) is 4.29. The number of aromatic nitrogens is 5. The van der Waals surface area contributed by atoms with Crippen LogP contribution < -0.4 is 0 Å². The van der Waals surface area contributed by atoms with E-state index in [0.29, 0.717) is 6.54 Å². The van der Waals surface area contributed by atoms with Crippen molar-refractivity contribution in [3.05, 3.63) is 30.1 Å². The Hall–Kier alpha value is -2.18. The molecule has 3 heterocycles. The van der Waals surface area contributed by atoms with E-state index in [-0.39, 0.29) is 18.0 Å². The fourth-order valence-electron chi connectivity index (χ4n) is 3.17. The van der Waals surface area contributed by atoms with Gasteiger partial charge >= 0.3 is 0 Å². The SMILES string of the molecule is Cc1cc(C)n([C@@H]2CCCN(C(=O)[C@@H](C)n3cncn3)C2)n1. The average Bonchev–Trinajstić information content (AvgIpc) is 3.15. The molecule has 0 aliphatic carbocycles. The van der Waals surface area contributed by atoms with Crippen molar-refractivity contribution in [1.82, 2.24) is 29.4 Å². The van der Waals surface area contributed by atoms with Gasteiger partial charge in [-0.3, -0.25) is 9.48 Å². The van der Waals surface area contributed by atoms with Crippen molar-refractivity contribution in [2.45, 2.75) is 45.7 Å². The number of piperidine rings is 1. The van der Waals surface area contributed by atoms with Gasteiger partial charge in [-0.05, 0) is 39.7 Å². The molecule has 7 nitrogen and oxygen atoms in total. The van der Waals surface area contributed by atoms with Crippen molar-refractivity contribution in [3.63, 3.8) is 0 Å². The highest BCUT2D eigenvalue weighted by molar-refractivity contribution is 5.80. The quantitative estimate of drug-likeness (QED) is 0.862. The van der Waals surface area contributed by atoms with Gasteiger partial charge in [-0.2, -0.15) is 10.2 Å². The Labute approximate surface area is 129 Å². The third-order valence-electron chi connectivity index (χ3n) is 4.29. The topological polar surface area (TPSA) is 68.8 Å². The van der Waals surface area contributed by atoms with E-state index in [4.69, 9.17) is 0 Å². The first-order chi connectivity index (χ1) is 10.6. The number of aryl methyl sites for hydroxylation is 2. The van der Waals surface area contributed by atoms with Gasteiger partial charge in [0.1, 0.15) is 18.7 Å². The Kier molecular flexibility index (Phi) is 3.96. The number of likely N-dealkylation sites (tertiary alicyclic amines) is 1. The fraction of sp³-hybridized carbons (Fsp3) is 0.600. The second-order valence-corrected chi connectivity index (χ2v) is 6.00. The molecule has 3 rings (SSSR count). The van der Waals surface area contributed by atoms with Crippen LogP contribution in [0.2, 0.25) is 0 Å². The van der Waals surface area contributed by atoms with Gasteiger partial charge in [-0.25, -0.2) is 9.67 Å². The fourth-order valence-corrected chi connectivity index (χ4v) is 3.17. The standard InChI is InChI=1S/C15H22N6O/c1-11-7-12(2)21(18-11)14-5-4-6-19(8-14)15(22)13(3)20-10-16-9-17-20/h7,9-10,13-14H,4-6,8H2,1-3H3/t13-,14-/m1/s1. The van der Waals surface area contributed by atoms with Crippen LogP contribution >= 0.6 is 0 Å². The predicted octanol–water partition coefficient (Wildman–Crippen LogP) is 1.52. The molecule has 1 amide bonds. The van der Waals surface area contributed by atoms with Crippen LogP contribution in [-0.4, -0.2) is 48.4 Å². The van der Waals surface area contributed by atoms with Crippen LogP contribution in [0, 0.1) is 13.8 Å². The van der Waals surface area contributed by atoms with E-state index in [0.717, 1.165) is 30.8 Å². The van der Waals surface area contributed by atoms with Crippen LogP contribution in [0.1, 0.15) is 43.2 Å². The number of nitrogens with zero attached hydrogens (tertiary/aromatic N) is 6. The Morgan fingerprint density at radius 3 is 2.86 bits per heavy atom. The Morgan fingerprint density at radius 1 is 1.41 bits per heavy atom. The first-order valence-corrected chi connectivity index (χ1v) is 7.72.